The van der Waals surface area contributed by atoms with E-state index in [1.807, 2.05) is 18.4 Å². The third-order valence-corrected chi connectivity index (χ3v) is 2.38. The lowest BCUT2D eigenvalue weighted by atomic mass is 9.99. The van der Waals surface area contributed by atoms with E-state index in [9.17, 15) is 5.11 Å². The molecule has 14 heavy (non-hydrogen) atoms. The molecule has 1 aromatic heterocycles. The molecule has 2 atom stereocenters. The minimum atomic E-state index is -0.729. The van der Waals surface area contributed by atoms with Gasteiger partial charge in [-0.05, 0) is 13.3 Å². The van der Waals surface area contributed by atoms with E-state index in [2.05, 4.69) is 11.1 Å². The Hall–Kier alpha value is -1.34. The summed E-state index contributed by atoms with van der Waals surface area (Å²) in [5.41, 5.74) is 0.723. The van der Waals surface area contributed by atoms with Gasteiger partial charge in [-0.15, -0.1) is 0 Å². The lowest BCUT2D eigenvalue weighted by molar-refractivity contribution is 0.124. The van der Waals surface area contributed by atoms with Gasteiger partial charge in [0, 0.05) is 6.54 Å². The van der Waals surface area contributed by atoms with E-state index in [1.165, 1.54) is 0 Å². The number of imidazole rings is 1. The summed E-state index contributed by atoms with van der Waals surface area (Å²) in [6.45, 7) is 4.63. The van der Waals surface area contributed by atoms with E-state index < -0.39 is 6.10 Å². The molecule has 4 nitrogen and oxygen atoms in total. The van der Waals surface area contributed by atoms with Crippen molar-refractivity contribution in [3.8, 4) is 6.07 Å². The first-order chi connectivity index (χ1) is 6.74. The Kier molecular flexibility index (Phi) is 3.66. The Bertz CT molecular complexity index is 326. The first-order valence-electron chi connectivity index (χ1n) is 4.82. The van der Waals surface area contributed by atoms with Gasteiger partial charge in [0.05, 0.1) is 30.2 Å². The number of aliphatic hydroxyl groups is 1. The summed E-state index contributed by atoms with van der Waals surface area (Å²) in [4.78, 5) is 3.96. The lowest BCUT2D eigenvalue weighted by Gasteiger charge is -2.16. The van der Waals surface area contributed by atoms with Crippen LogP contribution in [0.4, 0.5) is 0 Å². The van der Waals surface area contributed by atoms with Crippen LogP contribution in [-0.2, 0) is 6.54 Å². The Morgan fingerprint density at radius 2 is 2.36 bits per heavy atom. The molecule has 0 saturated carbocycles. The second-order valence-corrected chi connectivity index (χ2v) is 3.19. The molecule has 0 bridgehead atoms. The van der Waals surface area contributed by atoms with Gasteiger partial charge < -0.3 is 9.67 Å². The summed E-state index contributed by atoms with van der Waals surface area (Å²) in [7, 11) is 0. The van der Waals surface area contributed by atoms with Crippen molar-refractivity contribution in [3.63, 3.8) is 0 Å². The van der Waals surface area contributed by atoms with Crippen LogP contribution in [0, 0.1) is 17.2 Å². The molecule has 0 aliphatic heterocycles. The molecular formula is C10H15N3O. The molecule has 4 heteroatoms. The number of aromatic nitrogens is 2. The zero-order chi connectivity index (χ0) is 10.6. The highest BCUT2D eigenvalue weighted by atomic mass is 16.3. The van der Waals surface area contributed by atoms with E-state index in [4.69, 9.17) is 5.26 Å². The number of aliphatic hydroxyl groups excluding tert-OH is 1. The van der Waals surface area contributed by atoms with Crippen molar-refractivity contribution in [2.45, 2.75) is 32.9 Å². The fourth-order valence-corrected chi connectivity index (χ4v) is 1.43. The van der Waals surface area contributed by atoms with E-state index >= 15 is 0 Å². The maximum atomic E-state index is 9.90. The lowest BCUT2D eigenvalue weighted by Crippen LogP contribution is -2.14. The standard InChI is InChI=1S/C10H15N3O/c1-3-8(5-11)10(14)9-6-12-7-13(9)4-2/h6-8,10,14H,3-4H2,1-2H3. The molecular weight excluding hydrogens is 178 g/mol. The molecule has 2 unspecified atom stereocenters. The van der Waals surface area contributed by atoms with Gasteiger partial charge in [-0.1, -0.05) is 6.92 Å². The van der Waals surface area contributed by atoms with Gasteiger partial charge in [-0.3, -0.25) is 0 Å². The van der Waals surface area contributed by atoms with Gasteiger partial charge in [0.2, 0.25) is 0 Å². The zero-order valence-electron chi connectivity index (χ0n) is 8.51. The largest absolute Gasteiger partial charge is 0.385 e. The van der Waals surface area contributed by atoms with Crippen molar-refractivity contribution in [1.82, 2.24) is 9.55 Å². The van der Waals surface area contributed by atoms with E-state index in [1.54, 1.807) is 12.5 Å². The van der Waals surface area contributed by atoms with Gasteiger partial charge in [0.25, 0.3) is 0 Å². The number of hydrogen-bond donors (Lipinski definition) is 1. The fourth-order valence-electron chi connectivity index (χ4n) is 1.43. The van der Waals surface area contributed by atoms with Crippen molar-refractivity contribution >= 4 is 0 Å². The molecule has 76 valence electrons. The smallest absolute Gasteiger partial charge is 0.111 e. The highest BCUT2D eigenvalue weighted by Gasteiger charge is 2.21. The average molecular weight is 193 g/mol. The number of nitrogens with zero attached hydrogens (tertiary/aromatic N) is 3. The van der Waals surface area contributed by atoms with Gasteiger partial charge in [-0.2, -0.15) is 5.26 Å². The van der Waals surface area contributed by atoms with E-state index in [0.29, 0.717) is 6.42 Å². The molecule has 0 aromatic carbocycles. The number of aryl methyl sites for hydroxylation is 1. The molecule has 1 aromatic rings. The second kappa shape index (κ2) is 4.77. The molecule has 0 aliphatic rings. The molecule has 1 rings (SSSR count). The van der Waals surface area contributed by atoms with Crippen LogP contribution in [0.5, 0.6) is 0 Å². The van der Waals surface area contributed by atoms with Gasteiger partial charge in [0.1, 0.15) is 6.10 Å². The Morgan fingerprint density at radius 3 is 2.86 bits per heavy atom. The van der Waals surface area contributed by atoms with Crippen LogP contribution in [-0.4, -0.2) is 14.7 Å². The van der Waals surface area contributed by atoms with E-state index in [0.717, 1.165) is 12.2 Å². The summed E-state index contributed by atoms with van der Waals surface area (Å²) in [5, 5.41) is 18.7. The maximum absolute atomic E-state index is 9.90. The molecule has 0 radical (unpaired) electrons. The average Bonchev–Trinajstić information content (AvgIpc) is 2.67. The minimum absolute atomic E-state index is 0.350. The van der Waals surface area contributed by atoms with Gasteiger partial charge in [-0.25, -0.2) is 4.98 Å². The highest BCUT2D eigenvalue weighted by Crippen LogP contribution is 2.23. The van der Waals surface area contributed by atoms with Crippen molar-refractivity contribution in [2.75, 3.05) is 0 Å². The van der Waals surface area contributed by atoms with Crippen LogP contribution in [0.2, 0.25) is 0 Å². The third kappa shape index (κ3) is 1.94. The summed E-state index contributed by atoms with van der Waals surface area (Å²) >= 11 is 0. The molecule has 0 fully saturated rings. The SMILES string of the molecule is CCC(C#N)C(O)c1cncn1CC. The van der Waals surface area contributed by atoms with Crippen LogP contribution in [0.1, 0.15) is 32.1 Å². The van der Waals surface area contributed by atoms with Crippen LogP contribution in [0.25, 0.3) is 0 Å². The molecule has 0 saturated heterocycles. The Morgan fingerprint density at radius 1 is 1.64 bits per heavy atom. The number of rotatable bonds is 4. The minimum Gasteiger partial charge on any atom is -0.385 e. The topological polar surface area (TPSA) is 61.8 Å². The van der Waals surface area contributed by atoms with Crippen LogP contribution in [0.3, 0.4) is 0 Å². The monoisotopic (exact) mass is 193 g/mol. The third-order valence-electron chi connectivity index (χ3n) is 2.38. The van der Waals surface area contributed by atoms with Crippen molar-refractivity contribution < 1.29 is 5.11 Å². The first-order valence-corrected chi connectivity index (χ1v) is 4.82. The van der Waals surface area contributed by atoms with Crippen LogP contribution in [0.15, 0.2) is 12.5 Å². The molecule has 1 heterocycles. The maximum Gasteiger partial charge on any atom is 0.111 e. The van der Waals surface area contributed by atoms with Crippen molar-refractivity contribution in [1.29, 1.82) is 5.26 Å². The van der Waals surface area contributed by atoms with Gasteiger partial charge >= 0.3 is 0 Å². The first kappa shape index (κ1) is 10.7. The van der Waals surface area contributed by atoms with Crippen molar-refractivity contribution in [3.05, 3.63) is 18.2 Å². The Labute approximate surface area is 83.8 Å². The van der Waals surface area contributed by atoms with Gasteiger partial charge in [0.15, 0.2) is 0 Å². The van der Waals surface area contributed by atoms with Crippen molar-refractivity contribution in [2.24, 2.45) is 5.92 Å². The zero-order valence-corrected chi connectivity index (χ0v) is 8.51. The Balaban J connectivity index is 2.88. The van der Waals surface area contributed by atoms with Crippen LogP contribution >= 0.6 is 0 Å². The number of hydrogen-bond acceptors (Lipinski definition) is 3. The quantitative estimate of drug-likeness (QED) is 0.788. The predicted octanol–water partition coefficient (Wildman–Crippen LogP) is 1.49. The molecule has 0 amide bonds. The second-order valence-electron chi connectivity index (χ2n) is 3.19. The molecule has 0 spiro atoms. The summed E-state index contributed by atoms with van der Waals surface area (Å²) in [6, 6.07) is 2.10. The highest BCUT2D eigenvalue weighted by molar-refractivity contribution is 5.07. The summed E-state index contributed by atoms with van der Waals surface area (Å²) in [6.07, 6.45) is 3.20. The molecule has 1 N–H and O–H groups in total. The fraction of sp³-hybridized carbons (Fsp3) is 0.600. The summed E-state index contributed by atoms with van der Waals surface area (Å²) < 4.78 is 1.85. The predicted molar refractivity (Wildman–Crippen MR) is 52.3 cm³/mol. The summed E-state index contributed by atoms with van der Waals surface area (Å²) in [5.74, 6) is -0.350. The van der Waals surface area contributed by atoms with Crippen LogP contribution < -0.4 is 0 Å². The number of nitriles is 1. The molecule has 0 aliphatic carbocycles. The normalized spacial score (nSPS) is 14.7. The van der Waals surface area contributed by atoms with E-state index in [-0.39, 0.29) is 5.92 Å².